The third-order valence-electron chi connectivity index (χ3n) is 3.99. The van der Waals surface area contributed by atoms with E-state index in [0.717, 1.165) is 25.2 Å². The maximum atomic E-state index is 12.2. The van der Waals surface area contributed by atoms with Gasteiger partial charge in [-0.05, 0) is 31.4 Å². The van der Waals surface area contributed by atoms with Gasteiger partial charge in [0.1, 0.15) is 0 Å². The van der Waals surface area contributed by atoms with Gasteiger partial charge in [0.25, 0.3) is 0 Å². The fourth-order valence-electron chi connectivity index (χ4n) is 2.78. The van der Waals surface area contributed by atoms with Crippen LogP contribution in [-0.2, 0) is 17.8 Å². The average molecular weight is 298 g/mol. The molecular formula is C17H22N4O. The van der Waals surface area contributed by atoms with Crippen LogP contribution in [-0.4, -0.2) is 33.7 Å². The van der Waals surface area contributed by atoms with E-state index < -0.39 is 0 Å². The lowest BCUT2D eigenvalue weighted by Crippen LogP contribution is -2.37. The Morgan fingerprint density at radius 2 is 2.09 bits per heavy atom. The normalized spacial score (nSPS) is 14.9. The Balaban J connectivity index is 1.56. The van der Waals surface area contributed by atoms with Gasteiger partial charge >= 0.3 is 0 Å². The zero-order valence-corrected chi connectivity index (χ0v) is 13.1. The molecule has 0 unspecified atom stereocenters. The van der Waals surface area contributed by atoms with Crippen LogP contribution in [0.1, 0.15) is 31.0 Å². The minimum atomic E-state index is 0.0164. The van der Waals surface area contributed by atoms with Crippen molar-refractivity contribution in [2.75, 3.05) is 18.4 Å². The second-order valence-corrected chi connectivity index (χ2v) is 6.08. The van der Waals surface area contributed by atoms with E-state index in [1.165, 1.54) is 11.1 Å². The lowest BCUT2D eigenvalue weighted by atomic mass is 10.00. The Labute approximate surface area is 130 Å². The number of benzene rings is 1. The van der Waals surface area contributed by atoms with Gasteiger partial charge in [0.2, 0.25) is 5.91 Å². The molecule has 0 saturated carbocycles. The van der Waals surface area contributed by atoms with Gasteiger partial charge in [-0.2, -0.15) is 5.10 Å². The highest BCUT2D eigenvalue weighted by Gasteiger charge is 2.18. The molecule has 5 heteroatoms. The van der Waals surface area contributed by atoms with Crippen LogP contribution in [0.15, 0.2) is 36.7 Å². The first-order valence-corrected chi connectivity index (χ1v) is 7.75. The predicted molar refractivity (Wildman–Crippen MR) is 86.7 cm³/mol. The monoisotopic (exact) mass is 298 g/mol. The van der Waals surface area contributed by atoms with Crippen molar-refractivity contribution < 1.29 is 4.79 Å². The summed E-state index contributed by atoms with van der Waals surface area (Å²) >= 11 is 0. The number of carbonyl (C=O) groups is 1. The molecule has 1 aromatic heterocycles. The number of amides is 1. The van der Waals surface area contributed by atoms with Gasteiger partial charge in [0.05, 0.1) is 18.4 Å². The highest BCUT2D eigenvalue weighted by atomic mass is 16.2. The summed E-state index contributed by atoms with van der Waals surface area (Å²) in [5.41, 5.74) is 3.49. The predicted octanol–water partition coefficient (Wildman–Crippen LogP) is 2.46. The number of rotatable bonds is 4. The number of nitrogens with one attached hydrogen (secondary N) is 1. The molecule has 1 aliphatic heterocycles. The third-order valence-corrected chi connectivity index (χ3v) is 3.99. The lowest BCUT2D eigenvalue weighted by molar-refractivity contribution is -0.117. The van der Waals surface area contributed by atoms with Gasteiger partial charge in [-0.15, -0.1) is 0 Å². The van der Waals surface area contributed by atoms with Crippen molar-refractivity contribution in [3.8, 4) is 0 Å². The minimum absolute atomic E-state index is 0.0164. The summed E-state index contributed by atoms with van der Waals surface area (Å²) in [4.78, 5) is 14.4. The van der Waals surface area contributed by atoms with Crippen LogP contribution >= 0.6 is 0 Å². The number of fused-ring (bicyclic) bond motifs is 1. The quantitative estimate of drug-likeness (QED) is 0.943. The van der Waals surface area contributed by atoms with Crippen molar-refractivity contribution >= 4 is 11.6 Å². The topological polar surface area (TPSA) is 50.2 Å². The molecule has 116 valence electrons. The van der Waals surface area contributed by atoms with Crippen LogP contribution in [0, 0.1) is 0 Å². The van der Waals surface area contributed by atoms with Gasteiger partial charge < -0.3 is 5.32 Å². The maximum Gasteiger partial charge on any atom is 0.238 e. The molecule has 0 radical (unpaired) electrons. The van der Waals surface area contributed by atoms with Gasteiger partial charge in [-0.25, -0.2) is 0 Å². The fourth-order valence-corrected chi connectivity index (χ4v) is 2.78. The molecule has 0 atom stereocenters. The van der Waals surface area contributed by atoms with Crippen LogP contribution in [0.5, 0.6) is 0 Å². The minimum Gasteiger partial charge on any atom is -0.322 e. The van der Waals surface area contributed by atoms with Crippen LogP contribution in [0.3, 0.4) is 0 Å². The maximum absolute atomic E-state index is 12.2. The van der Waals surface area contributed by atoms with Crippen molar-refractivity contribution in [3.05, 3.63) is 47.8 Å². The van der Waals surface area contributed by atoms with Crippen molar-refractivity contribution in [3.63, 3.8) is 0 Å². The summed E-state index contributed by atoms with van der Waals surface area (Å²) in [6.45, 7) is 6.30. The summed E-state index contributed by atoms with van der Waals surface area (Å²) in [5.74, 6) is 0.0164. The van der Waals surface area contributed by atoms with Crippen LogP contribution in [0.25, 0.3) is 0 Å². The number of carbonyl (C=O) groups excluding carboxylic acids is 1. The van der Waals surface area contributed by atoms with Crippen LogP contribution < -0.4 is 5.32 Å². The van der Waals surface area contributed by atoms with Crippen LogP contribution in [0.2, 0.25) is 0 Å². The molecule has 0 aliphatic carbocycles. The molecule has 3 rings (SSSR count). The zero-order chi connectivity index (χ0) is 15.5. The van der Waals surface area contributed by atoms with Crippen molar-refractivity contribution in [1.82, 2.24) is 14.7 Å². The largest absolute Gasteiger partial charge is 0.322 e. The first-order chi connectivity index (χ1) is 10.6. The molecule has 0 saturated heterocycles. The Morgan fingerprint density at radius 3 is 2.82 bits per heavy atom. The Hall–Kier alpha value is -2.14. The molecule has 5 nitrogen and oxygen atoms in total. The highest BCUT2D eigenvalue weighted by Crippen LogP contribution is 2.18. The summed E-state index contributed by atoms with van der Waals surface area (Å²) < 4.78 is 1.84. The molecule has 22 heavy (non-hydrogen) atoms. The number of nitrogens with zero attached hydrogens (tertiary/aromatic N) is 3. The zero-order valence-electron chi connectivity index (χ0n) is 13.1. The number of hydrogen-bond donors (Lipinski definition) is 1. The smallest absolute Gasteiger partial charge is 0.238 e. The second-order valence-electron chi connectivity index (χ2n) is 6.08. The second kappa shape index (κ2) is 6.32. The molecule has 1 aromatic carbocycles. The van der Waals surface area contributed by atoms with Crippen molar-refractivity contribution in [2.24, 2.45) is 0 Å². The van der Waals surface area contributed by atoms with Gasteiger partial charge in [0, 0.05) is 25.3 Å². The molecule has 1 aliphatic rings. The van der Waals surface area contributed by atoms with Gasteiger partial charge in [-0.3, -0.25) is 14.4 Å². The van der Waals surface area contributed by atoms with E-state index in [1.807, 2.05) is 10.9 Å². The number of hydrogen-bond acceptors (Lipinski definition) is 3. The van der Waals surface area contributed by atoms with E-state index in [-0.39, 0.29) is 5.91 Å². The van der Waals surface area contributed by atoms with E-state index in [4.69, 9.17) is 0 Å². The van der Waals surface area contributed by atoms with E-state index in [2.05, 4.69) is 53.4 Å². The summed E-state index contributed by atoms with van der Waals surface area (Å²) in [7, 11) is 0. The molecule has 0 spiro atoms. The summed E-state index contributed by atoms with van der Waals surface area (Å²) in [6.07, 6.45) is 4.58. The molecule has 0 fully saturated rings. The van der Waals surface area contributed by atoms with Crippen molar-refractivity contribution in [1.29, 1.82) is 0 Å². The lowest BCUT2D eigenvalue weighted by Gasteiger charge is -2.27. The molecule has 2 aromatic rings. The number of aromatic nitrogens is 2. The molecule has 0 bridgehead atoms. The first kappa shape index (κ1) is 14.8. The Bertz CT molecular complexity index is 662. The standard InChI is InChI=1S/C17H22N4O/c1-13(2)21-11-16(9-18-21)19-17(22)12-20-8-7-14-5-3-4-6-15(14)10-20/h3-6,9,11,13H,7-8,10,12H2,1-2H3,(H,19,22). The fraction of sp³-hybridized carbons (Fsp3) is 0.412. The Kier molecular flexibility index (Phi) is 4.24. The third kappa shape index (κ3) is 3.36. The van der Waals surface area contributed by atoms with E-state index in [1.54, 1.807) is 6.20 Å². The Morgan fingerprint density at radius 1 is 1.32 bits per heavy atom. The van der Waals surface area contributed by atoms with Crippen LogP contribution in [0.4, 0.5) is 5.69 Å². The molecule has 1 amide bonds. The van der Waals surface area contributed by atoms with E-state index in [0.29, 0.717) is 12.6 Å². The highest BCUT2D eigenvalue weighted by molar-refractivity contribution is 5.92. The van der Waals surface area contributed by atoms with Gasteiger partial charge in [-0.1, -0.05) is 24.3 Å². The van der Waals surface area contributed by atoms with Crippen molar-refractivity contribution in [2.45, 2.75) is 32.9 Å². The number of anilines is 1. The first-order valence-electron chi connectivity index (χ1n) is 7.75. The van der Waals surface area contributed by atoms with Gasteiger partial charge in [0.15, 0.2) is 0 Å². The molecule has 2 heterocycles. The molecular weight excluding hydrogens is 276 g/mol. The molecule has 1 N–H and O–H groups in total. The SMILES string of the molecule is CC(C)n1cc(NC(=O)CN2CCc3ccccc3C2)cn1. The summed E-state index contributed by atoms with van der Waals surface area (Å²) in [6, 6.07) is 8.75. The van der Waals surface area contributed by atoms with E-state index in [9.17, 15) is 4.79 Å². The average Bonchev–Trinajstić information content (AvgIpc) is 2.95. The van der Waals surface area contributed by atoms with E-state index >= 15 is 0 Å². The summed E-state index contributed by atoms with van der Waals surface area (Å²) in [5, 5.41) is 7.16.